The lowest BCUT2D eigenvalue weighted by molar-refractivity contribution is 0.680. The van der Waals surface area contributed by atoms with Gasteiger partial charge in [-0.3, -0.25) is 0 Å². The minimum absolute atomic E-state index is 0.726. The number of para-hydroxylation sites is 1. The smallest absolute Gasteiger partial charge is 0.0401 e. The summed E-state index contributed by atoms with van der Waals surface area (Å²) in [6.07, 6.45) is 3.86. The van der Waals surface area contributed by atoms with Crippen molar-refractivity contribution in [1.82, 2.24) is 0 Å². The lowest BCUT2D eigenvalue weighted by Gasteiger charge is -2.32. The maximum absolute atomic E-state index is 2.65. The van der Waals surface area contributed by atoms with Crippen molar-refractivity contribution in [2.75, 3.05) is 11.4 Å². The van der Waals surface area contributed by atoms with Crippen LogP contribution in [0.2, 0.25) is 0 Å². The molecule has 2 unspecified atom stereocenters. The summed E-state index contributed by atoms with van der Waals surface area (Å²) in [4.78, 5) is 2.65. The predicted octanol–water partition coefficient (Wildman–Crippen LogP) is 4.00. The fourth-order valence-electron chi connectivity index (χ4n) is 3.49. The monoisotopic (exact) mass is 249 g/mol. The van der Waals surface area contributed by atoms with E-state index in [1.54, 1.807) is 0 Å². The first-order valence-corrected chi connectivity index (χ1v) is 7.33. The highest BCUT2D eigenvalue weighted by molar-refractivity contribution is 5.58. The molecular weight excluding hydrogens is 230 g/mol. The number of benzene rings is 2. The molecule has 1 aliphatic heterocycles. The molecule has 19 heavy (non-hydrogen) atoms. The quantitative estimate of drug-likeness (QED) is 0.777. The van der Waals surface area contributed by atoms with Gasteiger partial charge in [-0.05, 0) is 36.5 Å². The minimum atomic E-state index is 0.726. The molecule has 1 heterocycles. The van der Waals surface area contributed by atoms with Crippen LogP contribution in [0.5, 0.6) is 0 Å². The van der Waals surface area contributed by atoms with Gasteiger partial charge in [-0.1, -0.05) is 48.5 Å². The number of hydrogen-bond acceptors (Lipinski definition) is 1. The first-order chi connectivity index (χ1) is 9.43. The van der Waals surface area contributed by atoms with Crippen LogP contribution in [0.3, 0.4) is 0 Å². The summed E-state index contributed by atoms with van der Waals surface area (Å²) < 4.78 is 0. The van der Waals surface area contributed by atoms with Gasteiger partial charge in [0, 0.05) is 24.2 Å². The van der Waals surface area contributed by atoms with Crippen molar-refractivity contribution in [1.29, 1.82) is 0 Å². The van der Waals surface area contributed by atoms with Crippen molar-refractivity contribution in [3.63, 3.8) is 0 Å². The van der Waals surface area contributed by atoms with E-state index in [4.69, 9.17) is 0 Å². The molecule has 1 saturated carbocycles. The van der Waals surface area contributed by atoms with Gasteiger partial charge in [0.2, 0.25) is 0 Å². The summed E-state index contributed by atoms with van der Waals surface area (Å²) in [6, 6.07) is 20.7. The molecular formula is C18H19N. The van der Waals surface area contributed by atoms with Gasteiger partial charge in [0.05, 0.1) is 0 Å². The number of fused-ring (bicyclic) bond motifs is 1. The van der Waals surface area contributed by atoms with Crippen LogP contribution >= 0.6 is 0 Å². The molecule has 2 aliphatic rings. The Morgan fingerprint density at radius 1 is 0.895 bits per heavy atom. The van der Waals surface area contributed by atoms with Crippen molar-refractivity contribution in [2.45, 2.75) is 31.2 Å². The van der Waals surface area contributed by atoms with Gasteiger partial charge in [0.1, 0.15) is 0 Å². The standard InChI is InChI=1S/C18H19N/c1-2-7-14(8-3-1)16-13-18(16)19-12-6-10-15-9-4-5-11-17(15)19/h1-5,7-9,11,16,18H,6,10,12-13H2. The van der Waals surface area contributed by atoms with E-state index in [-0.39, 0.29) is 0 Å². The van der Waals surface area contributed by atoms with Crippen LogP contribution in [0.4, 0.5) is 5.69 Å². The second-order valence-electron chi connectivity index (χ2n) is 5.75. The summed E-state index contributed by atoms with van der Waals surface area (Å²) >= 11 is 0. The molecule has 96 valence electrons. The molecule has 0 aromatic heterocycles. The zero-order valence-electron chi connectivity index (χ0n) is 11.1. The van der Waals surface area contributed by atoms with Crippen molar-refractivity contribution in [2.24, 2.45) is 0 Å². The number of aryl methyl sites for hydroxylation is 1. The predicted molar refractivity (Wildman–Crippen MR) is 79.7 cm³/mol. The Hall–Kier alpha value is -1.76. The molecule has 2 atom stereocenters. The van der Waals surface area contributed by atoms with Gasteiger partial charge >= 0.3 is 0 Å². The zero-order valence-corrected chi connectivity index (χ0v) is 11.1. The molecule has 4 rings (SSSR count). The van der Waals surface area contributed by atoms with E-state index in [0.29, 0.717) is 0 Å². The Bertz CT molecular complexity index is 575. The Morgan fingerprint density at radius 3 is 2.58 bits per heavy atom. The summed E-state index contributed by atoms with van der Waals surface area (Å²) in [5, 5.41) is 0. The number of rotatable bonds is 2. The molecule has 2 aromatic rings. The van der Waals surface area contributed by atoms with Gasteiger partial charge in [-0.15, -0.1) is 0 Å². The van der Waals surface area contributed by atoms with E-state index in [1.807, 2.05) is 0 Å². The van der Waals surface area contributed by atoms with Crippen LogP contribution < -0.4 is 4.90 Å². The average molecular weight is 249 g/mol. The first-order valence-electron chi connectivity index (χ1n) is 7.33. The van der Waals surface area contributed by atoms with Crippen molar-refractivity contribution < 1.29 is 0 Å². The maximum Gasteiger partial charge on any atom is 0.0401 e. The second kappa shape index (κ2) is 4.41. The average Bonchev–Trinajstić information content (AvgIpc) is 3.28. The highest BCUT2D eigenvalue weighted by Crippen LogP contribution is 2.47. The third-order valence-corrected chi connectivity index (χ3v) is 4.53. The second-order valence-corrected chi connectivity index (χ2v) is 5.75. The molecule has 1 fully saturated rings. The molecule has 0 amide bonds. The van der Waals surface area contributed by atoms with E-state index in [0.717, 1.165) is 12.0 Å². The molecule has 2 aromatic carbocycles. The fraction of sp³-hybridized carbons (Fsp3) is 0.333. The minimum Gasteiger partial charge on any atom is -0.368 e. The highest BCUT2D eigenvalue weighted by Gasteiger charge is 2.43. The molecule has 1 aliphatic carbocycles. The Kier molecular flexibility index (Phi) is 2.58. The van der Waals surface area contributed by atoms with Crippen molar-refractivity contribution >= 4 is 5.69 Å². The van der Waals surface area contributed by atoms with Gasteiger partial charge in [-0.25, -0.2) is 0 Å². The third-order valence-electron chi connectivity index (χ3n) is 4.53. The lowest BCUT2D eigenvalue weighted by atomic mass is 10.0. The van der Waals surface area contributed by atoms with Gasteiger partial charge in [0.15, 0.2) is 0 Å². The summed E-state index contributed by atoms with van der Waals surface area (Å²) in [7, 11) is 0. The van der Waals surface area contributed by atoms with Gasteiger partial charge < -0.3 is 4.90 Å². The van der Waals surface area contributed by atoms with Crippen LogP contribution in [-0.2, 0) is 6.42 Å². The zero-order chi connectivity index (χ0) is 12.7. The molecule has 1 nitrogen and oxygen atoms in total. The van der Waals surface area contributed by atoms with E-state index >= 15 is 0 Å². The number of nitrogens with zero attached hydrogens (tertiary/aromatic N) is 1. The maximum atomic E-state index is 2.65. The van der Waals surface area contributed by atoms with Crippen molar-refractivity contribution in [3.05, 3.63) is 65.7 Å². The number of anilines is 1. The van der Waals surface area contributed by atoms with E-state index in [2.05, 4.69) is 59.5 Å². The molecule has 0 radical (unpaired) electrons. The van der Waals surface area contributed by atoms with E-state index in [9.17, 15) is 0 Å². The topological polar surface area (TPSA) is 3.24 Å². The largest absolute Gasteiger partial charge is 0.368 e. The normalized spacial score (nSPS) is 24.9. The van der Waals surface area contributed by atoms with Gasteiger partial charge in [0.25, 0.3) is 0 Å². The van der Waals surface area contributed by atoms with Crippen LogP contribution in [0.15, 0.2) is 54.6 Å². The molecule has 0 saturated heterocycles. The van der Waals surface area contributed by atoms with Crippen LogP contribution in [0.1, 0.15) is 29.9 Å². The van der Waals surface area contributed by atoms with E-state index in [1.165, 1.54) is 42.6 Å². The Balaban J connectivity index is 1.60. The molecule has 1 heteroatoms. The summed E-state index contributed by atoms with van der Waals surface area (Å²) in [6.45, 7) is 1.23. The van der Waals surface area contributed by atoms with Gasteiger partial charge in [-0.2, -0.15) is 0 Å². The SMILES string of the molecule is c1ccc(C2CC2N2CCCc3ccccc32)cc1. The fourth-order valence-corrected chi connectivity index (χ4v) is 3.49. The molecule has 0 N–H and O–H groups in total. The highest BCUT2D eigenvalue weighted by atomic mass is 15.2. The summed E-state index contributed by atoms with van der Waals surface area (Å²) in [5.41, 5.74) is 4.53. The Labute approximate surface area is 114 Å². The lowest BCUT2D eigenvalue weighted by Crippen LogP contribution is -2.32. The number of hydrogen-bond donors (Lipinski definition) is 0. The molecule has 0 bridgehead atoms. The molecule has 0 spiro atoms. The van der Waals surface area contributed by atoms with Crippen molar-refractivity contribution in [3.8, 4) is 0 Å². The van der Waals surface area contributed by atoms with Crippen LogP contribution in [0.25, 0.3) is 0 Å². The first kappa shape index (κ1) is 11.1. The Morgan fingerprint density at radius 2 is 1.68 bits per heavy atom. The van der Waals surface area contributed by atoms with E-state index < -0.39 is 0 Å². The third kappa shape index (κ3) is 1.94. The van der Waals surface area contributed by atoms with Crippen LogP contribution in [0, 0.1) is 0 Å². The summed E-state index contributed by atoms with van der Waals surface area (Å²) in [5.74, 6) is 0.743. The van der Waals surface area contributed by atoms with Crippen LogP contribution in [-0.4, -0.2) is 12.6 Å².